The van der Waals surface area contributed by atoms with Gasteiger partial charge in [0.15, 0.2) is 5.78 Å². The molecular weight excluding hydrogens is 265 g/mol. The van der Waals surface area contributed by atoms with E-state index in [1.807, 2.05) is 0 Å². The van der Waals surface area contributed by atoms with Crippen LogP contribution in [0.4, 0.5) is 4.39 Å². The summed E-state index contributed by atoms with van der Waals surface area (Å²) in [5, 5.41) is 0. The quantitative estimate of drug-likeness (QED) is 0.668. The minimum Gasteiger partial charge on any atom is -0.300 e. The van der Waals surface area contributed by atoms with E-state index in [4.69, 9.17) is 0 Å². The van der Waals surface area contributed by atoms with Gasteiger partial charge in [0, 0.05) is 24.6 Å². The molecule has 1 fully saturated rings. The van der Waals surface area contributed by atoms with E-state index in [1.165, 1.54) is 25.3 Å². The van der Waals surface area contributed by atoms with Crippen molar-refractivity contribution >= 4 is 5.78 Å². The van der Waals surface area contributed by atoms with Crippen molar-refractivity contribution in [2.45, 2.75) is 52.5 Å². The van der Waals surface area contributed by atoms with Crippen molar-refractivity contribution < 1.29 is 9.18 Å². The normalized spacial score (nSPS) is 15.0. The summed E-state index contributed by atoms with van der Waals surface area (Å²) in [6.07, 6.45) is 4.16. The molecule has 1 aromatic carbocycles. The Balaban J connectivity index is 1.87. The first-order valence-electron chi connectivity index (χ1n) is 8.00. The number of hydrogen-bond donors (Lipinski definition) is 0. The lowest BCUT2D eigenvalue weighted by molar-refractivity contribution is 0.0960. The number of carbonyl (C=O) groups is 1. The molecular formula is C18H26FNO. The molecule has 0 radical (unpaired) electrons. The summed E-state index contributed by atoms with van der Waals surface area (Å²) in [5.41, 5.74) is 1.08. The number of Topliss-reactive ketones (excluding diaryl/α,β-unsaturated/α-hetero) is 1. The van der Waals surface area contributed by atoms with Gasteiger partial charge in [-0.3, -0.25) is 9.69 Å². The Hall–Kier alpha value is -1.22. The van der Waals surface area contributed by atoms with Crippen LogP contribution >= 0.6 is 0 Å². The highest BCUT2D eigenvalue weighted by molar-refractivity contribution is 5.96. The van der Waals surface area contributed by atoms with Crippen LogP contribution in [0.1, 0.15) is 55.5 Å². The fourth-order valence-corrected chi connectivity index (χ4v) is 2.50. The number of aryl methyl sites for hydroxylation is 1. The highest BCUT2D eigenvalue weighted by Crippen LogP contribution is 2.27. The van der Waals surface area contributed by atoms with Crippen LogP contribution in [-0.2, 0) is 0 Å². The van der Waals surface area contributed by atoms with Crippen LogP contribution in [-0.4, -0.2) is 29.8 Å². The maximum atomic E-state index is 13.5. The first-order chi connectivity index (χ1) is 9.97. The molecule has 1 saturated carbocycles. The van der Waals surface area contributed by atoms with Crippen molar-refractivity contribution in [2.75, 3.05) is 13.1 Å². The number of benzene rings is 1. The molecule has 0 heterocycles. The summed E-state index contributed by atoms with van der Waals surface area (Å²) >= 11 is 0. The fourth-order valence-electron chi connectivity index (χ4n) is 2.50. The number of rotatable bonds is 8. The molecule has 1 aliphatic rings. The van der Waals surface area contributed by atoms with Gasteiger partial charge in [0.2, 0.25) is 0 Å². The molecule has 1 aromatic rings. The molecule has 2 nitrogen and oxygen atoms in total. The van der Waals surface area contributed by atoms with Crippen molar-refractivity contribution in [1.29, 1.82) is 0 Å². The van der Waals surface area contributed by atoms with Gasteiger partial charge in [0.05, 0.1) is 0 Å². The van der Waals surface area contributed by atoms with E-state index >= 15 is 0 Å². The second-order valence-corrected chi connectivity index (χ2v) is 6.59. The molecule has 0 unspecified atom stereocenters. The van der Waals surface area contributed by atoms with Crippen molar-refractivity contribution in [3.05, 3.63) is 35.1 Å². The largest absolute Gasteiger partial charge is 0.300 e. The van der Waals surface area contributed by atoms with Crippen molar-refractivity contribution in [3.63, 3.8) is 0 Å². The summed E-state index contributed by atoms with van der Waals surface area (Å²) in [6.45, 7) is 8.03. The lowest BCUT2D eigenvalue weighted by atomic mass is 10.1. The van der Waals surface area contributed by atoms with E-state index in [9.17, 15) is 9.18 Å². The van der Waals surface area contributed by atoms with E-state index < -0.39 is 0 Å². The molecule has 3 heteroatoms. The monoisotopic (exact) mass is 291 g/mol. The van der Waals surface area contributed by atoms with Gasteiger partial charge in [-0.25, -0.2) is 4.39 Å². The van der Waals surface area contributed by atoms with Crippen LogP contribution in [0.15, 0.2) is 18.2 Å². The maximum Gasteiger partial charge on any atom is 0.164 e. The SMILES string of the molecule is Cc1ccc(C(=O)CCN(CCC(C)C)C2CC2)cc1F. The highest BCUT2D eigenvalue weighted by atomic mass is 19.1. The molecule has 0 atom stereocenters. The summed E-state index contributed by atoms with van der Waals surface area (Å²) in [6, 6.07) is 5.45. The lowest BCUT2D eigenvalue weighted by Crippen LogP contribution is -2.30. The minimum atomic E-state index is -0.292. The summed E-state index contributed by atoms with van der Waals surface area (Å²) < 4.78 is 13.5. The molecule has 0 aromatic heterocycles. The topological polar surface area (TPSA) is 20.3 Å². The number of halogens is 1. The third-order valence-corrected chi connectivity index (χ3v) is 4.18. The molecule has 0 aliphatic heterocycles. The molecule has 0 bridgehead atoms. The zero-order chi connectivity index (χ0) is 15.4. The first kappa shape index (κ1) is 16.2. The van der Waals surface area contributed by atoms with Crippen LogP contribution < -0.4 is 0 Å². The highest BCUT2D eigenvalue weighted by Gasteiger charge is 2.28. The van der Waals surface area contributed by atoms with Crippen molar-refractivity contribution in [1.82, 2.24) is 4.90 Å². The van der Waals surface area contributed by atoms with Gasteiger partial charge in [-0.15, -0.1) is 0 Å². The smallest absolute Gasteiger partial charge is 0.164 e. The Morgan fingerprint density at radius 3 is 2.62 bits per heavy atom. The van der Waals surface area contributed by atoms with Crippen LogP contribution in [0.25, 0.3) is 0 Å². The molecule has 1 aliphatic carbocycles. The molecule has 2 rings (SSSR count). The number of carbonyl (C=O) groups excluding carboxylic acids is 1. The van der Waals surface area contributed by atoms with Gasteiger partial charge >= 0.3 is 0 Å². The predicted octanol–water partition coefficient (Wildman–Crippen LogP) is 4.22. The fraction of sp³-hybridized carbons (Fsp3) is 0.611. The first-order valence-corrected chi connectivity index (χ1v) is 8.00. The lowest BCUT2D eigenvalue weighted by Gasteiger charge is -2.22. The maximum absolute atomic E-state index is 13.5. The molecule has 21 heavy (non-hydrogen) atoms. The third-order valence-electron chi connectivity index (χ3n) is 4.18. The van der Waals surface area contributed by atoms with Gasteiger partial charge in [-0.2, -0.15) is 0 Å². The molecule has 0 N–H and O–H groups in total. The molecule has 0 spiro atoms. The van der Waals surface area contributed by atoms with E-state index in [0.717, 1.165) is 13.1 Å². The van der Waals surface area contributed by atoms with Crippen LogP contribution in [0.2, 0.25) is 0 Å². The van der Waals surface area contributed by atoms with Crippen LogP contribution in [0.3, 0.4) is 0 Å². The second-order valence-electron chi connectivity index (χ2n) is 6.59. The summed E-state index contributed by atoms with van der Waals surface area (Å²) in [5.74, 6) is 0.442. The number of ketones is 1. The summed E-state index contributed by atoms with van der Waals surface area (Å²) in [7, 11) is 0. The summed E-state index contributed by atoms with van der Waals surface area (Å²) in [4.78, 5) is 14.6. The minimum absolute atomic E-state index is 0.0455. The standard InChI is InChI=1S/C18H26FNO/c1-13(2)8-10-20(16-6-7-16)11-9-18(21)15-5-4-14(3)17(19)12-15/h4-5,12-13,16H,6-11H2,1-3H3. The Morgan fingerprint density at radius 1 is 1.33 bits per heavy atom. The van der Waals surface area contributed by atoms with E-state index in [0.29, 0.717) is 29.5 Å². The Bertz CT molecular complexity index is 494. The van der Waals surface area contributed by atoms with Crippen molar-refractivity contribution in [2.24, 2.45) is 5.92 Å². The van der Waals surface area contributed by atoms with E-state index in [1.54, 1.807) is 19.1 Å². The predicted molar refractivity (Wildman–Crippen MR) is 84.1 cm³/mol. The third kappa shape index (κ3) is 4.92. The van der Waals surface area contributed by atoms with E-state index in [2.05, 4.69) is 18.7 Å². The molecule has 116 valence electrons. The number of hydrogen-bond acceptors (Lipinski definition) is 2. The Morgan fingerprint density at radius 2 is 2.05 bits per heavy atom. The van der Waals surface area contributed by atoms with Gasteiger partial charge in [0.1, 0.15) is 5.82 Å². The van der Waals surface area contributed by atoms with Crippen molar-refractivity contribution in [3.8, 4) is 0 Å². The van der Waals surface area contributed by atoms with Gasteiger partial charge in [0.25, 0.3) is 0 Å². The Labute approximate surface area is 127 Å². The Kier molecular flexibility index (Phi) is 5.51. The van der Waals surface area contributed by atoms with Gasteiger partial charge < -0.3 is 0 Å². The number of nitrogens with zero attached hydrogens (tertiary/aromatic N) is 1. The van der Waals surface area contributed by atoms with Crippen LogP contribution in [0, 0.1) is 18.7 Å². The van der Waals surface area contributed by atoms with E-state index in [-0.39, 0.29) is 11.6 Å². The second kappa shape index (κ2) is 7.17. The average molecular weight is 291 g/mol. The zero-order valence-electron chi connectivity index (χ0n) is 13.4. The molecule has 0 saturated heterocycles. The van der Waals surface area contributed by atoms with Gasteiger partial charge in [-0.05, 0) is 50.3 Å². The average Bonchev–Trinajstić information content (AvgIpc) is 3.26. The van der Waals surface area contributed by atoms with Crippen LogP contribution in [0.5, 0.6) is 0 Å². The molecule has 0 amide bonds. The zero-order valence-corrected chi connectivity index (χ0v) is 13.4. The van der Waals surface area contributed by atoms with Gasteiger partial charge in [-0.1, -0.05) is 26.0 Å².